The zero-order chi connectivity index (χ0) is 17.4. The fourth-order valence-electron chi connectivity index (χ4n) is 2.60. The molecule has 0 aliphatic carbocycles. The van der Waals surface area contributed by atoms with Crippen molar-refractivity contribution in [3.05, 3.63) is 47.5 Å². The van der Waals surface area contributed by atoms with Crippen LogP contribution in [-0.2, 0) is 4.79 Å². The fraction of sp³-hybridized carbons (Fsp3) is 0.167. The molecule has 0 bridgehead atoms. The highest BCUT2D eigenvalue weighted by Gasteiger charge is 2.11. The molecule has 1 amide bonds. The van der Waals surface area contributed by atoms with Crippen molar-refractivity contribution in [2.75, 3.05) is 11.1 Å². The predicted molar refractivity (Wildman–Crippen MR) is 105 cm³/mol. The third-order valence-electron chi connectivity index (χ3n) is 3.82. The largest absolute Gasteiger partial charge is 0.333 e. The van der Waals surface area contributed by atoms with Crippen LogP contribution < -0.4 is 5.32 Å². The monoisotopic (exact) mass is 368 g/mol. The summed E-state index contributed by atoms with van der Waals surface area (Å²) in [6.45, 7) is 4.06. The third kappa shape index (κ3) is 3.38. The summed E-state index contributed by atoms with van der Waals surface area (Å²) in [4.78, 5) is 24.5. The van der Waals surface area contributed by atoms with Gasteiger partial charge < -0.3 is 10.3 Å². The number of aromatic nitrogens is 3. The Balaban J connectivity index is 1.43. The number of thioether (sulfide) groups is 1. The van der Waals surface area contributed by atoms with E-state index in [0.717, 1.165) is 32.0 Å². The number of nitrogens with one attached hydrogen (secondary N) is 2. The first-order chi connectivity index (χ1) is 12.1. The van der Waals surface area contributed by atoms with E-state index in [9.17, 15) is 4.79 Å². The van der Waals surface area contributed by atoms with Crippen LogP contribution in [0.4, 0.5) is 5.13 Å². The fourth-order valence-corrected chi connectivity index (χ4v) is 4.24. The van der Waals surface area contributed by atoms with Crippen LogP contribution in [0.1, 0.15) is 11.1 Å². The van der Waals surface area contributed by atoms with E-state index >= 15 is 0 Å². The molecule has 0 radical (unpaired) electrons. The van der Waals surface area contributed by atoms with Crippen LogP contribution in [0.5, 0.6) is 0 Å². The standard InChI is InChI=1S/C18H16N4OS2/c1-10-6-7-12-13(8-10)20-17(19-12)24-9-15(23)21-18-22-16-11(2)4-3-5-14(16)25-18/h3-8H,9H2,1-2H3,(H,19,20)(H,21,22,23). The van der Waals surface area contributed by atoms with Crippen molar-refractivity contribution in [2.24, 2.45) is 0 Å². The molecule has 5 nitrogen and oxygen atoms in total. The Labute approximate surface area is 152 Å². The van der Waals surface area contributed by atoms with Crippen LogP contribution in [0.2, 0.25) is 0 Å². The van der Waals surface area contributed by atoms with Crippen molar-refractivity contribution in [1.29, 1.82) is 0 Å². The molecule has 2 heterocycles. The molecule has 4 rings (SSSR count). The van der Waals surface area contributed by atoms with Gasteiger partial charge in [-0.05, 0) is 43.2 Å². The van der Waals surface area contributed by atoms with Crippen molar-refractivity contribution in [1.82, 2.24) is 15.0 Å². The number of carbonyl (C=O) groups excluding carboxylic acids is 1. The molecule has 25 heavy (non-hydrogen) atoms. The predicted octanol–water partition coefficient (Wildman–Crippen LogP) is 4.52. The van der Waals surface area contributed by atoms with Gasteiger partial charge in [0.2, 0.25) is 5.91 Å². The van der Waals surface area contributed by atoms with Gasteiger partial charge in [0.05, 0.1) is 27.0 Å². The summed E-state index contributed by atoms with van der Waals surface area (Å²) in [5.74, 6) is 0.201. The molecule has 0 aliphatic rings. The van der Waals surface area contributed by atoms with Gasteiger partial charge in [-0.2, -0.15) is 0 Å². The summed E-state index contributed by atoms with van der Waals surface area (Å²) in [6.07, 6.45) is 0. The molecule has 0 saturated heterocycles. The minimum atomic E-state index is -0.0849. The number of fused-ring (bicyclic) bond motifs is 2. The van der Waals surface area contributed by atoms with Gasteiger partial charge in [-0.3, -0.25) is 4.79 Å². The van der Waals surface area contributed by atoms with Crippen molar-refractivity contribution in [2.45, 2.75) is 19.0 Å². The average molecular weight is 368 g/mol. The number of anilines is 1. The molecule has 4 aromatic rings. The van der Waals surface area contributed by atoms with Gasteiger partial charge in [0, 0.05) is 0 Å². The highest BCUT2D eigenvalue weighted by molar-refractivity contribution is 7.99. The van der Waals surface area contributed by atoms with Crippen LogP contribution in [0.3, 0.4) is 0 Å². The molecule has 0 fully saturated rings. The number of aryl methyl sites for hydroxylation is 2. The van der Waals surface area contributed by atoms with E-state index in [1.807, 2.05) is 44.2 Å². The molecular weight excluding hydrogens is 352 g/mol. The molecule has 0 spiro atoms. The lowest BCUT2D eigenvalue weighted by Crippen LogP contribution is -2.13. The van der Waals surface area contributed by atoms with E-state index < -0.39 is 0 Å². The van der Waals surface area contributed by atoms with Crippen molar-refractivity contribution >= 4 is 55.4 Å². The summed E-state index contributed by atoms with van der Waals surface area (Å²) in [5.41, 5.74) is 5.14. The first-order valence-corrected chi connectivity index (χ1v) is 9.64. The van der Waals surface area contributed by atoms with Gasteiger partial charge in [0.1, 0.15) is 0 Å². The normalized spacial score (nSPS) is 11.3. The maximum atomic E-state index is 12.2. The number of thiazole rings is 1. The molecule has 2 aromatic carbocycles. The highest BCUT2D eigenvalue weighted by atomic mass is 32.2. The second kappa shape index (κ2) is 6.50. The summed E-state index contributed by atoms with van der Waals surface area (Å²) in [5, 5.41) is 4.26. The SMILES string of the molecule is Cc1ccc2nc(SCC(=O)Nc3nc4c(C)cccc4s3)[nH]c2c1. The highest BCUT2D eigenvalue weighted by Crippen LogP contribution is 2.28. The number of amides is 1. The number of hydrogen-bond donors (Lipinski definition) is 2. The van der Waals surface area contributed by atoms with Crippen molar-refractivity contribution in [3.63, 3.8) is 0 Å². The zero-order valence-electron chi connectivity index (χ0n) is 13.8. The van der Waals surface area contributed by atoms with Gasteiger partial charge in [-0.1, -0.05) is 41.3 Å². The Kier molecular flexibility index (Phi) is 4.19. The van der Waals surface area contributed by atoms with Gasteiger partial charge >= 0.3 is 0 Å². The quantitative estimate of drug-likeness (QED) is 0.520. The van der Waals surface area contributed by atoms with E-state index in [0.29, 0.717) is 5.13 Å². The molecule has 0 unspecified atom stereocenters. The van der Waals surface area contributed by atoms with E-state index in [1.54, 1.807) is 0 Å². The van der Waals surface area contributed by atoms with Crippen LogP contribution in [-0.4, -0.2) is 26.6 Å². The lowest BCUT2D eigenvalue weighted by atomic mass is 10.2. The minimum Gasteiger partial charge on any atom is -0.333 e. The van der Waals surface area contributed by atoms with Crippen LogP contribution in [0, 0.1) is 13.8 Å². The lowest BCUT2D eigenvalue weighted by Gasteiger charge is -1.99. The second-order valence-electron chi connectivity index (χ2n) is 5.84. The molecule has 7 heteroatoms. The Morgan fingerprint density at radius 1 is 1.24 bits per heavy atom. The molecule has 0 aliphatic heterocycles. The smallest absolute Gasteiger partial charge is 0.236 e. The number of rotatable bonds is 4. The summed E-state index contributed by atoms with van der Waals surface area (Å²) < 4.78 is 1.08. The van der Waals surface area contributed by atoms with Gasteiger partial charge in [0.25, 0.3) is 0 Å². The molecule has 126 valence electrons. The van der Waals surface area contributed by atoms with Gasteiger partial charge in [0.15, 0.2) is 10.3 Å². The van der Waals surface area contributed by atoms with Gasteiger partial charge in [-0.25, -0.2) is 9.97 Å². The summed E-state index contributed by atoms with van der Waals surface area (Å²) in [6, 6.07) is 12.1. The molecule has 0 saturated carbocycles. The first-order valence-electron chi connectivity index (χ1n) is 7.84. The molecule has 2 aromatic heterocycles. The number of benzene rings is 2. The Morgan fingerprint density at radius 2 is 2.12 bits per heavy atom. The number of hydrogen-bond acceptors (Lipinski definition) is 5. The van der Waals surface area contributed by atoms with Crippen LogP contribution in [0.25, 0.3) is 21.3 Å². The summed E-state index contributed by atoms with van der Waals surface area (Å²) >= 11 is 2.88. The Morgan fingerprint density at radius 3 is 2.96 bits per heavy atom. The van der Waals surface area contributed by atoms with E-state index in [4.69, 9.17) is 0 Å². The van der Waals surface area contributed by atoms with Gasteiger partial charge in [-0.15, -0.1) is 0 Å². The number of H-pyrrole nitrogens is 1. The Hall–Kier alpha value is -2.38. The molecular formula is C18H16N4OS2. The van der Waals surface area contributed by atoms with E-state index in [2.05, 4.69) is 26.3 Å². The third-order valence-corrected chi connectivity index (χ3v) is 5.63. The van der Waals surface area contributed by atoms with E-state index in [-0.39, 0.29) is 11.7 Å². The number of nitrogens with zero attached hydrogens (tertiary/aromatic N) is 2. The first kappa shape index (κ1) is 16.1. The number of aromatic amines is 1. The van der Waals surface area contributed by atoms with Crippen molar-refractivity contribution in [3.8, 4) is 0 Å². The summed E-state index contributed by atoms with van der Waals surface area (Å²) in [7, 11) is 0. The second-order valence-corrected chi connectivity index (χ2v) is 7.83. The van der Waals surface area contributed by atoms with E-state index in [1.165, 1.54) is 28.7 Å². The molecule has 0 atom stereocenters. The number of imidazole rings is 1. The topological polar surface area (TPSA) is 70.7 Å². The Bertz CT molecular complexity index is 1080. The number of carbonyl (C=O) groups is 1. The average Bonchev–Trinajstić information content (AvgIpc) is 3.16. The van der Waals surface area contributed by atoms with Crippen molar-refractivity contribution < 1.29 is 4.79 Å². The van der Waals surface area contributed by atoms with Crippen LogP contribution >= 0.6 is 23.1 Å². The lowest BCUT2D eigenvalue weighted by molar-refractivity contribution is -0.113. The minimum absolute atomic E-state index is 0.0849. The zero-order valence-corrected chi connectivity index (χ0v) is 15.4. The maximum Gasteiger partial charge on any atom is 0.236 e. The molecule has 2 N–H and O–H groups in total. The number of para-hydroxylation sites is 1. The van der Waals surface area contributed by atoms with Crippen LogP contribution in [0.15, 0.2) is 41.6 Å². The maximum absolute atomic E-state index is 12.2.